The maximum Gasteiger partial charge on any atom is 0.242 e. The van der Waals surface area contributed by atoms with Gasteiger partial charge >= 0.3 is 0 Å². The van der Waals surface area contributed by atoms with Crippen molar-refractivity contribution in [3.05, 3.63) is 262 Å². The minimum absolute atomic E-state index is 0.230. The van der Waals surface area contributed by atoms with E-state index in [-0.39, 0.29) is 4.90 Å². The number of hydrogen-bond acceptors (Lipinski definition) is 26. The highest BCUT2D eigenvalue weighted by Gasteiger charge is 2.25. The van der Waals surface area contributed by atoms with E-state index in [1.807, 2.05) is 144 Å². The average molecular weight is 1760 g/mol. The second-order valence-electron chi connectivity index (χ2n) is 31.5. The lowest BCUT2D eigenvalue weighted by Gasteiger charge is -2.16. The molecule has 23 rings (SSSR count). The molecule has 3 aromatic carbocycles. The Morgan fingerprint density at radius 2 is 0.750 bits per heavy atom. The first-order valence-electron chi connectivity index (χ1n) is 41.9. The summed E-state index contributed by atoms with van der Waals surface area (Å²) in [5.41, 5.74) is 21.9. The van der Waals surface area contributed by atoms with E-state index in [0.717, 1.165) is 217 Å². The molecule has 642 valence electrons. The van der Waals surface area contributed by atoms with Crippen LogP contribution >= 0.6 is 22.7 Å². The summed E-state index contributed by atoms with van der Waals surface area (Å²) >= 11 is 3.33. The zero-order valence-corrected chi connectivity index (χ0v) is 73.3. The highest BCUT2D eigenvalue weighted by atomic mass is 32.2. The molecule has 0 saturated carbocycles. The number of anilines is 8. The zero-order valence-electron chi connectivity index (χ0n) is 70.8. The molecule has 0 radical (unpaired) electrons. The third-order valence-corrected chi connectivity index (χ3v) is 26.2. The van der Waals surface area contributed by atoms with Crippen molar-refractivity contribution in [1.82, 2.24) is 132 Å². The van der Waals surface area contributed by atoms with Crippen molar-refractivity contribution in [3.63, 3.8) is 0 Å². The Morgan fingerprint density at radius 3 is 1.14 bits per heavy atom. The standard InChI is InChI=1S/C24H22N8.C23H26N8O2S.C23H21N7S.C22H20N8S/c1-31-14-18(12-28-31)22-13-27-24-23(29-19-6-7-20-16(10-19)4-3-9-26-20)30-21(15-32(22)24)17-5-2-8-25-11-17;1-29(2)34(32,33)19-8-6-18(7-9-19)27-22-23-25-13-21(17-12-26-30(3)14-17)31(23)15-20(28-22)16-5-4-10-24-11-16;1-29-13-17(11-26-29)19-12-25-23-22(28-21-9-15-5-2-3-7-20(15)31-21)27-18(14-30(19)23)16-6-4-8-24-10-16;1-29-12-16(10-26-29)18-11-25-21-20(28-19-8-14-4-3-7-24-22(14)31-19)27-17(13-30(18)21)15-5-2-6-23-9-15/h3-7,9-10,12-15,25H,2,8,11H2,1H3,(H,29,30);5-9,12-15,24H,4,10-11H2,1-3H3,(H,27,28);2-3,5-7,9,11-14,24H,4,8,10H2,1H3,(H,27,28);3-5,7-8,10-13,23H,2,6,9H2,1H3,(H,27,28). The van der Waals surface area contributed by atoms with Crippen LogP contribution in [0.1, 0.15) is 48.5 Å². The van der Waals surface area contributed by atoms with Crippen molar-refractivity contribution in [3.8, 4) is 45.0 Å². The number of nitrogens with zero attached hydrogens (tertiary/aromatic N) is 23. The number of nitrogens with one attached hydrogen (secondary N) is 8. The van der Waals surface area contributed by atoms with Crippen LogP contribution in [0.2, 0.25) is 0 Å². The SMILES string of the molecule is CN(C)S(=O)(=O)c1ccc(Nc2nc(C3=CCCNC3)cn3c(-c4cnn(C)c4)cnc23)cc1.Cn1cc(-c2cnc3c(Nc4cc5ccccc5s4)nc(C4=CCCNC4)cn23)cn1.Cn1cc(-c2cnc3c(Nc4cc5cccnc5s4)nc(C4=CCCNC4)cn23)cn1.Cn1cc(-c2cnc3c(Nc4ccc5ncccc5c4)nc(C4=CCCNC4)cn23)cn1. The zero-order chi connectivity index (χ0) is 86.9. The molecule has 0 atom stereocenters. The van der Waals surface area contributed by atoms with Gasteiger partial charge in [-0.3, -0.25) is 41.3 Å². The Bertz CT molecular complexity index is 7350. The fraction of sp³-hybridized carbons (Fsp3) is 0.196. The van der Waals surface area contributed by atoms with Crippen molar-refractivity contribution in [2.75, 3.05) is 87.7 Å². The average Bonchev–Trinajstić information content (AvgIpc) is 1.62. The number of fused-ring (bicyclic) bond motifs is 7. The van der Waals surface area contributed by atoms with E-state index in [2.05, 4.69) is 189 Å². The number of aromatic nitrogens is 22. The first-order chi connectivity index (χ1) is 62.6. The summed E-state index contributed by atoms with van der Waals surface area (Å²) in [4.78, 5) is 48.6. The summed E-state index contributed by atoms with van der Waals surface area (Å²) < 4.78 is 42.7. The van der Waals surface area contributed by atoms with Crippen molar-refractivity contribution >= 4 is 153 Å². The lowest BCUT2D eigenvalue weighted by Crippen LogP contribution is -2.22. The number of imidazole rings is 4. The predicted molar refractivity (Wildman–Crippen MR) is 506 cm³/mol. The van der Waals surface area contributed by atoms with Gasteiger partial charge in [-0.25, -0.2) is 57.6 Å². The van der Waals surface area contributed by atoms with Gasteiger partial charge in [0.25, 0.3) is 0 Å². The minimum atomic E-state index is -3.50. The quantitative estimate of drug-likeness (QED) is 0.0395. The smallest absolute Gasteiger partial charge is 0.242 e. The molecule has 0 saturated heterocycles. The normalized spacial score (nSPS) is 14.3. The Balaban J connectivity index is 0.000000107. The summed E-state index contributed by atoms with van der Waals surface area (Å²) in [6, 6.07) is 33.4. The molecule has 0 spiro atoms. The summed E-state index contributed by atoms with van der Waals surface area (Å²) in [5.74, 6) is 2.78. The number of thiophene rings is 2. The maximum absolute atomic E-state index is 12.4. The number of rotatable bonds is 18. The van der Waals surface area contributed by atoms with Gasteiger partial charge in [0.15, 0.2) is 45.9 Å². The van der Waals surface area contributed by atoms with Crippen LogP contribution in [0.5, 0.6) is 0 Å². The van der Waals surface area contributed by atoms with E-state index in [9.17, 15) is 8.42 Å². The summed E-state index contributed by atoms with van der Waals surface area (Å²) in [5, 5.41) is 50.3. The summed E-state index contributed by atoms with van der Waals surface area (Å²) in [7, 11) is 7.17. The molecule has 19 aromatic rings. The fourth-order valence-corrected chi connectivity index (χ4v) is 18.7. The third-order valence-electron chi connectivity index (χ3n) is 22.4. The van der Waals surface area contributed by atoms with Gasteiger partial charge in [0.05, 0.1) is 116 Å². The van der Waals surface area contributed by atoms with Gasteiger partial charge in [-0.15, -0.1) is 11.3 Å². The second kappa shape index (κ2) is 35.4. The lowest BCUT2D eigenvalue weighted by atomic mass is 10.1. The van der Waals surface area contributed by atoms with E-state index >= 15 is 0 Å². The molecule has 36 heteroatoms. The number of aryl methyl sites for hydroxylation is 4. The molecule has 0 aliphatic carbocycles. The first-order valence-corrected chi connectivity index (χ1v) is 45.0. The molecule has 0 fully saturated rings. The van der Waals surface area contributed by atoms with Crippen molar-refractivity contribution in [1.29, 1.82) is 0 Å². The lowest BCUT2D eigenvalue weighted by molar-refractivity contribution is 0.521. The maximum atomic E-state index is 12.4. The van der Waals surface area contributed by atoms with Gasteiger partial charge in [0.1, 0.15) is 4.83 Å². The highest BCUT2D eigenvalue weighted by Crippen LogP contribution is 2.39. The van der Waals surface area contributed by atoms with E-state index < -0.39 is 10.0 Å². The molecular formula is C92H89N31O2S3. The molecule has 33 nitrogen and oxygen atoms in total. The molecule has 0 unspecified atom stereocenters. The van der Waals surface area contributed by atoms with Crippen LogP contribution in [0.3, 0.4) is 0 Å². The molecular weight excluding hydrogens is 1670 g/mol. The number of benzene rings is 3. The van der Waals surface area contributed by atoms with Crippen LogP contribution < -0.4 is 42.5 Å². The number of sulfonamides is 1. The van der Waals surface area contributed by atoms with Gasteiger partial charge in [0.2, 0.25) is 10.0 Å². The van der Waals surface area contributed by atoms with Crippen molar-refractivity contribution in [2.24, 2.45) is 28.2 Å². The van der Waals surface area contributed by atoms with E-state index in [0.29, 0.717) is 23.0 Å². The Hall–Kier alpha value is -14.6. The van der Waals surface area contributed by atoms with Crippen LogP contribution in [0.4, 0.5) is 44.6 Å². The van der Waals surface area contributed by atoms with Gasteiger partial charge in [-0.2, -0.15) is 20.4 Å². The minimum Gasteiger partial charge on any atom is -0.337 e. The third kappa shape index (κ3) is 17.1. The van der Waals surface area contributed by atoms with Gasteiger partial charge in [0, 0.05) is 180 Å². The Kier molecular flexibility index (Phi) is 22.6. The molecule has 16 aromatic heterocycles. The predicted octanol–water partition coefficient (Wildman–Crippen LogP) is 14.6. The Labute approximate surface area is 742 Å². The van der Waals surface area contributed by atoms with E-state index in [4.69, 9.17) is 34.9 Å². The molecule has 20 heterocycles. The molecule has 128 heavy (non-hydrogen) atoms. The Morgan fingerprint density at radius 1 is 0.375 bits per heavy atom. The molecule has 8 N–H and O–H groups in total. The molecule has 0 bridgehead atoms. The van der Waals surface area contributed by atoms with Crippen LogP contribution in [-0.2, 0) is 38.2 Å². The first kappa shape index (κ1) is 81.7. The van der Waals surface area contributed by atoms with Crippen molar-refractivity contribution < 1.29 is 8.42 Å². The van der Waals surface area contributed by atoms with Gasteiger partial charge in [-0.05, 0) is 152 Å². The highest BCUT2D eigenvalue weighted by molar-refractivity contribution is 7.89. The largest absolute Gasteiger partial charge is 0.337 e. The van der Waals surface area contributed by atoms with Crippen LogP contribution in [0.15, 0.2) is 244 Å². The number of hydrogen-bond donors (Lipinski definition) is 8. The van der Waals surface area contributed by atoms with E-state index in [1.54, 1.807) is 71.9 Å². The fourth-order valence-electron chi connectivity index (χ4n) is 15.9. The topological polar surface area (TPSA) is 351 Å². The number of pyridine rings is 2. The van der Waals surface area contributed by atoms with E-state index in [1.165, 1.54) is 45.2 Å². The van der Waals surface area contributed by atoms with Crippen LogP contribution in [-0.4, -0.2) is 186 Å². The summed E-state index contributed by atoms with van der Waals surface area (Å²) in [6.45, 7) is 7.11. The van der Waals surface area contributed by atoms with Gasteiger partial charge in [-0.1, -0.05) is 66.0 Å². The molecule has 4 aliphatic heterocycles. The van der Waals surface area contributed by atoms with Crippen molar-refractivity contribution in [2.45, 2.75) is 30.6 Å². The molecule has 0 amide bonds. The second-order valence-corrected chi connectivity index (χ2v) is 35.8. The molecule has 4 aliphatic rings. The summed E-state index contributed by atoms with van der Waals surface area (Å²) in [6.07, 6.45) is 47.6. The van der Waals surface area contributed by atoms with Crippen LogP contribution in [0, 0.1) is 0 Å². The monoisotopic (exact) mass is 1760 g/mol. The van der Waals surface area contributed by atoms with Gasteiger partial charge < -0.3 is 42.5 Å². The van der Waals surface area contributed by atoms with Crippen LogP contribution in [0.25, 0.3) is 121 Å².